The summed E-state index contributed by atoms with van der Waals surface area (Å²) in [5, 5.41) is 6.21. The van der Waals surface area contributed by atoms with E-state index in [1.807, 2.05) is 11.6 Å². The second-order valence-electron chi connectivity index (χ2n) is 1.65. The van der Waals surface area contributed by atoms with E-state index in [2.05, 4.69) is 15.2 Å². The average Bonchev–Trinajstić information content (AvgIpc) is 2.67. The number of aromatic nitrogens is 2. The van der Waals surface area contributed by atoms with Gasteiger partial charge in [-0.05, 0) is 6.07 Å². The van der Waals surface area contributed by atoms with E-state index in [0.717, 1.165) is 6.54 Å². The molecule has 54 valence electrons. The Morgan fingerprint density at radius 1 is 1.50 bits per heavy atom. The summed E-state index contributed by atoms with van der Waals surface area (Å²) < 4.78 is 0. The van der Waals surface area contributed by atoms with Crippen molar-refractivity contribution in [1.29, 1.82) is 0 Å². The molecule has 0 fully saturated rings. The van der Waals surface area contributed by atoms with Crippen molar-refractivity contribution >= 4 is 17.3 Å². The Balaban J connectivity index is 0.0000001000. The Hall–Kier alpha value is -0.770. The van der Waals surface area contributed by atoms with Crippen LogP contribution in [0.1, 0.15) is 0 Å². The number of thioether (sulfide) groups is 1. The molecule has 0 radical (unpaired) electrons. The van der Waals surface area contributed by atoms with Crippen LogP contribution in [0.3, 0.4) is 0 Å². The van der Waals surface area contributed by atoms with Gasteiger partial charge in [0.1, 0.15) is 0 Å². The molecule has 0 saturated carbocycles. The predicted octanol–water partition coefficient (Wildman–Crippen LogP) is 1.17. The first-order valence-electron chi connectivity index (χ1n) is 3.04. The van der Waals surface area contributed by atoms with Gasteiger partial charge in [-0.25, -0.2) is 0 Å². The highest BCUT2D eigenvalue weighted by Gasteiger charge is 1.86. The van der Waals surface area contributed by atoms with E-state index in [1.54, 1.807) is 24.2 Å². The molecule has 1 aromatic heterocycles. The fourth-order valence-electron chi connectivity index (χ4n) is 0.479. The lowest BCUT2D eigenvalue weighted by Gasteiger charge is -1.67. The topological polar surface area (TPSA) is 41.0 Å². The quantitative estimate of drug-likeness (QED) is 0.611. The zero-order valence-electron chi connectivity index (χ0n) is 5.53. The number of aliphatic imine (C=N–C) groups is 1. The number of rotatable bonds is 0. The predicted molar refractivity (Wildman–Crippen MR) is 44.4 cm³/mol. The van der Waals surface area contributed by atoms with Gasteiger partial charge >= 0.3 is 0 Å². The van der Waals surface area contributed by atoms with Crippen LogP contribution < -0.4 is 0 Å². The number of nitrogens with one attached hydrogen (secondary N) is 1. The van der Waals surface area contributed by atoms with Gasteiger partial charge in [-0.15, -0.1) is 11.8 Å². The number of hydrogen-bond acceptors (Lipinski definition) is 3. The molecule has 1 aliphatic heterocycles. The molecule has 0 unspecified atom stereocenters. The van der Waals surface area contributed by atoms with Crippen LogP contribution in [0, 0.1) is 0 Å². The molecule has 0 saturated heterocycles. The number of H-pyrrole nitrogens is 1. The molecule has 0 bridgehead atoms. The maximum atomic E-state index is 3.92. The minimum atomic E-state index is 1.03. The summed E-state index contributed by atoms with van der Waals surface area (Å²) in [5.41, 5.74) is 1.90. The molecule has 10 heavy (non-hydrogen) atoms. The second-order valence-corrected chi connectivity index (χ2v) is 2.60. The van der Waals surface area contributed by atoms with Crippen molar-refractivity contribution < 1.29 is 0 Å². The number of aromatic amines is 1. The van der Waals surface area contributed by atoms with Gasteiger partial charge < -0.3 is 0 Å². The van der Waals surface area contributed by atoms with E-state index < -0.39 is 0 Å². The Labute approximate surface area is 63.9 Å². The van der Waals surface area contributed by atoms with Gasteiger partial charge in [-0.1, -0.05) is 0 Å². The standard InChI is InChI=1S/C3H4N2.C3H5NS/c1-2-4-5-3-1;1-2-5-3-4-1/h1-3H,(H,4,5);3H,1-2H2. The van der Waals surface area contributed by atoms with Gasteiger partial charge in [0.15, 0.2) is 0 Å². The van der Waals surface area contributed by atoms with Crippen LogP contribution in [0.15, 0.2) is 23.5 Å². The highest BCUT2D eigenvalue weighted by Crippen LogP contribution is 1.99. The monoisotopic (exact) mass is 155 g/mol. The van der Waals surface area contributed by atoms with Crippen molar-refractivity contribution in [3.63, 3.8) is 0 Å². The molecule has 0 atom stereocenters. The van der Waals surface area contributed by atoms with Crippen molar-refractivity contribution in [3.8, 4) is 0 Å². The van der Waals surface area contributed by atoms with Crippen LogP contribution in [0.2, 0.25) is 0 Å². The molecule has 0 amide bonds. The fraction of sp³-hybridized carbons (Fsp3) is 0.333. The third-order valence-corrected chi connectivity index (χ3v) is 1.61. The number of nitrogens with zero attached hydrogens (tertiary/aromatic N) is 2. The lowest BCUT2D eigenvalue weighted by molar-refractivity contribution is 1.09. The smallest absolute Gasteiger partial charge is 0.0542 e. The highest BCUT2D eigenvalue weighted by atomic mass is 32.2. The lowest BCUT2D eigenvalue weighted by Crippen LogP contribution is -1.69. The SMILES string of the molecule is C1=NCCS1.c1cn[nH]c1. The normalized spacial score (nSPS) is 14.4. The molecule has 2 heterocycles. The summed E-state index contributed by atoms with van der Waals surface area (Å²) in [6.07, 6.45) is 3.46. The maximum Gasteiger partial charge on any atom is 0.0542 e. The van der Waals surface area contributed by atoms with Crippen LogP contribution >= 0.6 is 11.8 Å². The maximum absolute atomic E-state index is 3.92. The van der Waals surface area contributed by atoms with Gasteiger partial charge in [0.25, 0.3) is 0 Å². The molecule has 2 rings (SSSR count). The summed E-state index contributed by atoms with van der Waals surface area (Å²) in [6, 6.07) is 1.83. The van der Waals surface area contributed by atoms with Gasteiger partial charge in [0.05, 0.1) is 5.55 Å². The Morgan fingerprint density at radius 3 is 2.70 bits per heavy atom. The van der Waals surface area contributed by atoms with E-state index in [-0.39, 0.29) is 0 Å². The molecule has 3 nitrogen and oxygen atoms in total. The van der Waals surface area contributed by atoms with Gasteiger partial charge in [0, 0.05) is 24.7 Å². The molecule has 0 spiro atoms. The van der Waals surface area contributed by atoms with E-state index in [4.69, 9.17) is 0 Å². The third kappa shape index (κ3) is 3.29. The third-order valence-electron chi connectivity index (χ3n) is 0.893. The van der Waals surface area contributed by atoms with Crippen LogP contribution in [0.25, 0.3) is 0 Å². The summed E-state index contributed by atoms with van der Waals surface area (Å²) in [6.45, 7) is 1.03. The second kappa shape index (κ2) is 5.05. The summed E-state index contributed by atoms with van der Waals surface area (Å²) in [5.74, 6) is 1.19. The first-order valence-corrected chi connectivity index (χ1v) is 4.08. The largest absolute Gasteiger partial charge is 0.286 e. The first kappa shape index (κ1) is 7.34. The van der Waals surface area contributed by atoms with Crippen LogP contribution in [0.5, 0.6) is 0 Å². The molecule has 0 aliphatic carbocycles. The number of hydrogen-bond donors (Lipinski definition) is 1. The van der Waals surface area contributed by atoms with Crippen LogP contribution in [-0.2, 0) is 0 Å². The fourth-order valence-corrected chi connectivity index (χ4v) is 1.01. The van der Waals surface area contributed by atoms with Crippen LogP contribution in [-0.4, -0.2) is 28.0 Å². The van der Waals surface area contributed by atoms with Crippen molar-refractivity contribution in [2.75, 3.05) is 12.3 Å². The van der Waals surface area contributed by atoms with E-state index in [0.29, 0.717) is 0 Å². The van der Waals surface area contributed by atoms with E-state index >= 15 is 0 Å². The molecular formula is C6H9N3S. The minimum Gasteiger partial charge on any atom is -0.286 e. The Bertz CT molecular complexity index is 148. The van der Waals surface area contributed by atoms with Gasteiger partial charge in [-0.3, -0.25) is 10.1 Å². The minimum absolute atomic E-state index is 1.03. The van der Waals surface area contributed by atoms with E-state index in [1.165, 1.54) is 5.75 Å². The van der Waals surface area contributed by atoms with Crippen molar-refractivity contribution in [1.82, 2.24) is 10.2 Å². The molecule has 1 N–H and O–H groups in total. The van der Waals surface area contributed by atoms with Crippen molar-refractivity contribution in [3.05, 3.63) is 18.5 Å². The molecule has 1 aromatic rings. The van der Waals surface area contributed by atoms with Crippen molar-refractivity contribution in [2.45, 2.75) is 0 Å². The zero-order chi connectivity index (χ0) is 7.07. The van der Waals surface area contributed by atoms with Gasteiger partial charge in [0.2, 0.25) is 0 Å². The van der Waals surface area contributed by atoms with E-state index in [9.17, 15) is 0 Å². The Kier molecular flexibility index (Phi) is 3.71. The van der Waals surface area contributed by atoms with Crippen LogP contribution in [0.4, 0.5) is 0 Å². The molecule has 1 aliphatic rings. The first-order chi connectivity index (χ1) is 5.00. The highest BCUT2D eigenvalue weighted by molar-refractivity contribution is 8.12. The lowest BCUT2D eigenvalue weighted by atomic mass is 10.8. The van der Waals surface area contributed by atoms with Crippen molar-refractivity contribution in [2.24, 2.45) is 4.99 Å². The molecule has 0 aromatic carbocycles. The summed E-state index contributed by atoms with van der Waals surface area (Å²) in [7, 11) is 0. The van der Waals surface area contributed by atoms with Gasteiger partial charge in [-0.2, -0.15) is 5.10 Å². The average molecular weight is 155 g/mol. The summed E-state index contributed by atoms with van der Waals surface area (Å²) in [4.78, 5) is 3.92. The molecular weight excluding hydrogens is 146 g/mol. The zero-order valence-corrected chi connectivity index (χ0v) is 6.34. The Morgan fingerprint density at radius 2 is 2.50 bits per heavy atom. The molecule has 4 heteroatoms. The summed E-state index contributed by atoms with van der Waals surface area (Å²) >= 11 is 1.78.